The molecule has 0 saturated carbocycles. The lowest BCUT2D eigenvalue weighted by atomic mass is 10.0. The van der Waals surface area contributed by atoms with Crippen LogP contribution in [0.1, 0.15) is 23.3 Å². The maximum absolute atomic E-state index is 12.9. The Labute approximate surface area is 158 Å². The summed E-state index contributed by atoms with van der Waals surface area (Å²) in [5.41, 5.74) is 2.04. The van der Waals surface area contributed by atoms with Crippen molar-refractivity contribution in [3.63, 3.8) is 0 Å². The fourth-order valence-electron chi connectivity index (χ4n) is 3.53. The van der Waals surface area contributed by atoms with Gasteiger partial charge in [-0.2, -0.15) is 0 Å². The molecular weight excluding hydrogens is 346 g/mol. The Balaban J connectivity index is 1.45. The average Bonchev–Trinajstić information content (AvgIpc) is 3.17. The molecule has 0 aliphatic carbocycles. The number of methoxy groups -OCH3 is 1. The smallest absolute Gasteiger partial charge is 0.272 e. The van der Waals surface area contributed by atoms with Crippen LogP contribution in [0.2, 0.25) is 0 Å². The molecule has 27 heavy (non-hydrogen) atoms. The van der Waals surface area contributed by atoms with Crippen molar-refractivity contribution < 1.29 is 19.0 Å². The number of hydrogen-bond acceptors (Lipinski definition) is 6. The van der Waals surface area contributed by atoms with Gasteiger partial charge in [0.15, 0.2) is 5.79 Å². The first kappa shape index (κ1) is 17.8. The largest absolute Gasteiger partial charge is 0.495 e. The Morgan fingerprint density at radius 1 is 1.19 bits per heavy atom. The lowest BCUT2D eigenvalue weighted by Gasteiger charge is -2.37. The highest BCUT2D eigenvalue weighted by Crippen LogP contribution is 2.32. The summed E-state index contributed by atoms with van der Waals surface area (Å²) in [4.78, 5) is 18.9. The molecule has 2 aromatic rings. The van der Waals surface area contributed by atoms with Gasteiger partial charge in [0, 0.05) is 37.8 Å². The first-order valence-electron chi connectivity index (χ1n) is 9.12. The topological polar surface area (TPSA) is 72.9 Å². The number of ether oxygens (including phenoxy) is 3. The van der Waals surface area contributed by atoms with Crippen molar-refractivity contribution in [3.8, 4) is 5.75 Å². The number of hydrogen-bond donors (Lipinski definition) is 1. The normalized spacial score (nSPS) is 18.5. The predicted octanol–water partition coefficient (Wildman–Crippen LogP) is 2.81. The number of carbonyl (C=O) groups excluding carboxylic acids is 1. The molecule has 0 bridgehead atoms. The summed E-state index contributed by atoms with van der Waals surface area (Å²) in [6.07, 6.45) is 3.02. The lowest BCUT2D eigenvalue weighted by molar-refractivity contribution is -0.181. The third kappa shape index (κ3) is 3.74. The average molecular weight is 369 g/mol. The monoisotopic (exact) mass is 369 g/mol. The van der Waals surface area contributed by atoms with E-state index in [0.29, 0.717) is 44.8 Å². The van der Waals surface area contributed by atoms with E-state index in [1.807, 2.05) is 35.2 Å². The Morgan fingerprint density at radius 3 is 2.67 bits per heavy atom. The number of carbonyl (C=O) groups is 1. The number of piperidine rings is 1. The summed E-state index contributed by atoms with van der Waals surface area (Å²) in [7, 11) is 1.63. The summed E-state index contributed by atoms with van der Waals surface area (Å²) in [6.45, 7) is 2.47. The predicted molar refractivity (Wildman–Crippen MR) is 100 cm³/mol. The highest BCUT2D eigenvalue weighted by atomic mass is 16.7. The van der Waals surface area contributed by atoms with Crippen molar-refractivity contribution in [3.05, 3.63) is 48.3 Å². The van der Waals surface area contributed by atoms with Gasteiger partial charge in [-0.3, -0.25) is 9.78 Å². The van der Waals surface area contributed by atoms with Gasteiger partial charge in [0.25, 0.3) is 5.91 Å². The quantitative estimate of drug-likeness (QED) is 0.893. The van der Waals surface area contributed by atoms with E-state index in [4.69, 9.17) is 14.2 Å². The first-order valence-corrected chi connectivity index (χ1v) is 9.12. The molecule has 2 aliphatic heterocycles. The number of anilines is 2. The number of para-hydroxylation sites is 2. The van der Waals surface area contributed by atoms with E-state index in [9.17, 15) is 4.79 Å². The Hall–Kier alpha value is -2.64. The van der Waals surface area contributed by atoms with E-state index in [1.54, 1.807) is 19.4 Å². The van der Waals surface area contributed by atoms with E-state index in [0.717, 1.165) is 17.1 Å². The van der Waals surface area contributed by atoms with Gasteiger partial charge in [-0.25, -0.2) is 0 Å². The van der Waals surface area contributed by atoms with Crippen LogP contribution < -0.4 is 10.1 Å². The number of nitrogens with one attached hydrogen (secondary N) is 1. The van der Waals surface area contributed by atoms with Crippen molar-refractivity contribution in [2.75, 3.05) is 38.7 Å². The molecular formula is C20H23N3O4. The lowest BCUT2D eigenvalue weighted by Crippen LogP contribution is -2.47. The molecule has 7 heteroatoms. The summed E-state index contributed by atoms with van der Waals surface area (Å²) in [5.74, 6) is 0.170. The summed E-state index contributed by atoms with van der Waals surface area (Å²) >= 11 is 0. The maximum atomic E-state index is 12.9. The van der Waals surface area contributed by atoms with Crippen LogP contribution in [0.5, 0.6) is 5.75 Å². The SMILES string of the molecule is COc1ccccc1Nc1ccnc(C(=O)N2CCC3(CC2)OCCO3)c1. The highest BCUT2D eigenvalue weighted by Gasteiger charge is 2.41. The van der Waals surface area contributed by atoms with Crippen LogP contribution in [0.4, 0.5) is 11.4 Å². The summed E-state index contributed by atoms with van der Waals surface area (Å²) in [5, 5.41) is 3.29. The molecule has 1 aromatic heterocycles. The number of amides is 1. The van der Waals surface area contributed by atoms with Gasteiger partial charge < -0.3 is 24.4 Å². The first-order chi connectivity index (χ1) is 13.2. The fourth-order valence-corrected chi connectivity index (χ4v) is 3.53. The Kier molecular flexibility index (Phi) is 4.96. The Morgan fingerprint density at radius 2 is 1.93 bits per heavy atom. The zero-order valence-electron chi connectivity index (χ0n) is 15.3. The van der Waals surface area contributed by atoms with E-state index < -0.39 is 5.79 Å². The van der Waals surface area contributed by atoms with Crippen molar-refractivity contribution in [2.24, 2.45) is 0 Å². The third-order valence-corrected chi connectivity index (χ3v) is 4.99. The fraction of sp³-hybridized carbons (Fsp3) is 0.400. The molecule has 1 amide bonds. The van der Waals surface area contributed by atoms with Crippen LogP contribution in [-0.2, 0) is 9.47 Å². The number of nitrogens with zero attached hydrogens (tertiary/aromatic N) is 2. The van der Waals surface area contributed by atoms with Gasteiger partial charge in [0.1, 0.15) is 11.4 Å². The molecule has 2 aliphatic rings. The van der Waals surface area contributed by atoms with Crippen molar-refractivity contribution >= 4 is 17.3 Å². The molecule has 2 saturated heterocycles. The van der Waals surface area contributed by atoms with Crippen molar-refractivity contribution in [1.82, 2.24) is 9.88 Å². The van der Waals surface area contributed by atoms with Crippen molar-refractivity contribution in [2.45, 2.75) is 18.6 Å². The molecule has 1 aromatic carbocycles. The van der Waals surface area contributed by atoms with Gasteiger partial charge in [-0.1, -0.05) is 12.1 Å². The van der Waals surface area contributed by atoms with E-state index in [-0.39, 0.29) is 5.91 Å². The van der Waals surface area contributed by atoms with Crippen LogP contribution in [0.3, 0.4) is 0 Å². The van der Waals surface area contributed by atoms with Gasteiger partial charge in [-0.05, 0) is 24.3 Å². The number of benzene rings is 1. The second-order valence-electron chi connectivity index (χ2n) is 6.65. The minimum atomic E-state index is -0.489. The number of rotatable bonds is 4. The van der Waals surface area contributed by atoms with Gasteiger partial charge in [0.05, 0.1) is 26.0 Å². The number of likely N-dealkylation sites (tertiary alicyclic amines) is 1. The minimum Gasteiger partial charge on any atom is -0.495 e. The van der Waals surface area contributed by atoms with Gasteiger partial charge in [-0.15, -0.1) is 0 Å². The van der Waals surface area contributed by atoms with Crippen LogP contribution in [0.25, 0.3) is 0 Å². The van der Waals surface area contributed by atoms with E-state index in [1.165, 1.54) is 0 Å². The molecule has 3 heterocycles. The van der Waals surface area contributed by atoms with Gasteiger partial charge >= 0.3 is 0 Å². The zero-order valence-corrected chi connectivity index (χ0v) is 15.3. The van der Waals surface area contributed by atoms with Crippen LogP contribution >= 0.6 is 0 Å². The standard InChI is InChI=1S/C20H23N3O4/c1-25-18-5-3-2-4-16(18)22-15-6-9-21-17(14-15)19(24)23-10-7-20(8-11-23)26-12-13-27-20/h2-6,9,14H,7-8,10-13H2,1H3,(H,21,22). The summed E-state index contributed by atoms with van der Waals surface area (Å²) in [6, 6.07) is 11.2. The zero-order chi connectivity index (χ0) is 18.7. The minimum absolute atomic E-state index is 0.0773. The molecule has 7 nitrogen and oxygen atoms in total. The van der Waals surface area contributed by atoms with Crippen LogP contribution in [0.15, 0.2) is 42.6 Å². The number of pyridine rings is 1. The molecule has 0 unspecified atom stereocenters. The Bertz CT molecular complexity index is 810. The van der Waals surface area contributed by atoms with E-state index >= 15 is 0 Å². The van der Waals surface area contributed by atoms with E-state index in [2.05, 4.69) is 10.3 Å². The van der Waals surface area contributed by atoms with Crippen LogP contribution in [0, 0.1) is 0 Å². The van der Waals surface area contributed by atoms with Gasteiger partial charge in [0.2, 0.25) is 0 Å². The molecule has 1 spiro atoms. The number of aromatic nitrogens is 1. The molecule has 2 fully saturated rings. The highest BCUT2D eigenvalue weighted by molar-refractivity contribution is 5.93. The molecule has 1 N–H and O–H groups in total. The molecule has 142 valence electrons. The molecule has 0 atom stereocenters. The van der Waals surface area contributed by atoms with Crippen LogP contribution in [-0.4, -0.2) is 55.0 Å². The second-order valence-corrected chi connectivity index (χ2v) is 6.65. The molecule has 0 radical (unpaired) electrons. The summed E-state index contributed by atoms with van der Waals surface area (Å²) < 4.78 is 16.8. The maximum Gasteiger partial charge on any atom is 0.272 e. The van der Waals surface area contributed by atoms with Crippen molar-refractivity contribution in [1.29, 1.82) is 0 Å². The third-order valence-electron chi connectivity index (χ3n) is 4.99. The molecule has 4 rings (SSSR count). The second kappa shape index (κ2) is 7.54.